The molecule has 3 aromatic carbocycles. The smallest absolute Gasteiger partial charge is 0.329 e. The van der Waals surface area contributed by atoms with E-state index in [1.165, 1.54) is 0 Å². The van der Waals surface area contributed by atoms with Crippen molar-refractivity contribution in [2.75, 3.05) is 11.9 Å². The molecule has 8 heteroatoms. The number of nitrogens with one attached hydrogen (secondary N) is 2. The maximum atomic E-state index is 12.8. The van der Waals surface area contributed by atoms with Gasteiger partial charge in [0.25, 0.3) is 5.91 Å². The predicted molar refractivity (Wildman–Crippen MR) is 142 cm³/mol. The zero-order valence-corrected chi connectivity index (χ0v) is 21.6. The molecule has 0 radical (unpaired) electrons. The molecule has 4 amide bonds. The van der Waals surface area contributed by atoms with Gasteiger partial charge in [0.15, 0.2) is 0 Å². The van der Waals surface area contributed by atoms with Gasteiger partial charge in [-0.3, -0.25) is 9.59 Å². The van der Waals surface area contributed by atoms with Gasteiger partial charge in [0.2, 0.25) is 5.91 Å². The number of halogens is 1. The zero-order valence-electron chi connectivity index (χ0n) is 20.0. The molecule has 1 aliphatic rings. The van der Waals surface area contributed by atoms with Crippen molar-refractivity contribution in [1.29, 1.82) is 0 Å². The molecular weight excluding hydrogens is 522 g/mol. The van der Waals surface area contributed by atoms with Crippen LogP contribution in [0.2, 0.25) is 0 Å². The fraction of sp³-hybridized carbons (Fsp3) is 0.179. The minimum Gasteiger partial charge on any atom is -0.488 e. The van der Waals surface area contributed by atoms with Gasteiger partial charge in [-0.1, -0.05) is 61.0 Å². The van der Waals surface area contributed by atoms with Gasteiger partial charge in [0.05, 0.1) is 4.47 Å². The number of urea groups is 1. The zero-order chi connectivity index (χ0) is 25.7. The maximum absolute atomic E-state index is 12.8. The molecule has 184 valence electrons. The first-order chi connectivity index (χ1) is 17.3. The van der Waals surface area contributed by atoms with E-state index in [1.807, 2.05) is 50.2 Å². The van der Waals surface area contributed by atoms with Crippen LogP contribution in [0.25, 0.3) is 6.08 Å². The van der Waals surface area contributed by atoms with Crippen molar-refractivity contribution < 1.29 is 19.1 Å². The normalized spacial score (nSPS) is 14.2. The van der Waals surface area contributed by atoms with Crippen LogP contribution in [-0.4, -0.2) is 29.3 Å². The van der Waals surface area contributed by atoms with Crippen LogP contribution in [0.4, 0.5) is 10.5 Å². The average molecular weight is 548 g/mol. The highest BCUT2D eigenvalue weighted by Crippen LogP contribution is 2.28. The molecule has 7 nitrogen and oxygen atoms in total. The Labute approximate surface area is 218 Å². The second-order valence-corrected chi connectivity index (χ2v) is 9.26. The lowest BCUT2D eigenvalue weighted by atomic mass is 10.1. The van der Waals surface area contributed by atoms with Gasteiger partial charge in [0.1, 0.15) is 24.6 Å². The number of nitrogens with zero attached hydrogens (tertiary/aromatic N) is 1. The third kappa shape index (κ3) is 6.01. The second-order valence-electron chi connectivity index (χ2n) is 8.41. The Morgan fingerprint density at radius 1 is 1.08 bits per heavy atom. The molecule has 0 bridgehead atoms. The Balaban J connectivity index is 1.40. The quantitative estimate of drug-likeness (QED) is 0.290. The van der Waals surface area contributed by atoms with Gasteiger partial charge in [-0.25, -0.2) is 9.69 Å². The van der Waals surface area contributed by atoms with Gasteiger partial charge in [-0.2, -0.15) is 0 Å². The Morgan fingerprint density at radius 2 is 1.89 bits per heavy atom. The number of hydrogen-bond donors (Lipinski definition) is 2. The third-order valence-electron chi connectivity index (χ3n) is 5.68. The minimum atomic E-state index is -0.637. The first-order valence-electron chi connectivity index (χ1n) is 11.5. The largest absolute Gasteiger partial charge is 0.488 e. The maximum Gasteiger partial charge on any atom is 0.329 e. The van der Waals surface area contributed by atoms with E-state index in [0.717, 1.165) is 28.0 Å². The van der Waals surface area contributed by atoms with E-state index < -0.39 is 17.8 Å². The summed E-state index contributed by atoms with van der Waals surface area (Å²) in [6.07, 6.45) is 2.32. The number of carbonyl (C=O) groups excluding carboxylic acids is 3. The van der Waals surface area contributed by atoms with Gasteiger partial charge in [0, 0.05) is 5.69 Å². The molecule has 0 aliphatic carbocycles. The van der Waals surface area contributed by atoms with E-state index in [0.29, 0.717) is 28.1 Å². The summed E-state index contributed by atoms with van der Waals surface area (Å²) in [6, 6.07) is 20.3. The number of hydrogen-bond acceptors (Lipinski definition) is 4. The number of aryl methyl sites for hydroxylation is 2. The number of para-hydroxylation sites is 1. The van der Waals surface area contributed by atoms with Crippen LogP contribution in [0.5, 0.6) is 5.75 Å². The van der Waals surface area contributed by atoms with Crippen molar-refractivity contribution in [2.45, 2.75) is 26.9 Å². The lowest BCUT2D eigenvalue weighted by molar-refractivity contribution is -0.127. The van der Waals surface area contributed by atoms with Crippen LogP contribution >= 0.6 is 15.9 Å². The predicted octanol–water partition coefficient (Wildman–Crippen LogP) is 5.43. The summed E-state index contributed by atoms with van der Waals surface area (Å²) in [5, 5.41) is 5.33. The fourth-order valence-electron chi connectivity index (χ4n) is 3.85. The Kier molecular flexibility index (Phi) is 7.85. The third-order valence-corrected chi connectivity index (χ3v) is 6.30. The fourth-order valence-corrected chi connectivity index (χ4v) is 4.36. The molecule has 4 rings (SSSR count). The molecule has 0 aromatic heterocycles. The van der Waals surface area contributed by atoms with E-state index >= 15 is 0 Å². The number of amides is 4. The van der Waals surface area contributed by atoms with Crippen LogP contribution in [0, 0.1) is 6.92 Å². The molecule has 1 aliphatic heterocycles. The second kappa shape index (κ2) is 11.2. The molecule has 2 N–H and O–H groups in total. The van der Waals surface area contributed by atoms with E-state index in [1.54, 1.807) is 30.3 Å². The molecule has 0 saturated carbocycles. The number of carbonyl (C=O) groups is 3. The van der Waals surface area contributed by atoms with Crippen LogP contribution in [0.15, 0.2) is 76.9 Å². The van der Waals surface area contributed by atoms with Gasteiger partial charge >= 0.3 is 6.03 Å². The van der Waals surface area contributed by atoms with Crippen molar-refractivity contribution in [3.8, 4) is 5.75 Å². The molecule has 36 heavy (non-hydrogen) atoms. The summed E-state index contributed by atoms with van der Waals surface area (Å²) in [6.45, 7) is 4.06. The van der Waals surface area contributed by atoms with Crippen molar-refractivity contribution in [1.82, 2.24) is 10.2 Å². The molecule has 0 spiro atoms. The first kappa shape index (κ1) is 25.2. The van der Waals surface area contributed by atoms with Crippen molar-refractivity contribution in [3.05, 3.63) is 99.2 Å². The summed E-state index contributed by atoms with van der Waals surface area (Å²) in [7, 11) is 0. The molecule has 3 aromatic rings. The first-order valence-corrected chi connectivity index (χ1v) is 12.3. The summed E-state index contributed by atoms with van der Waals surface area (Å²) in [5.41, 5.74) is 4.66. The Morgan fingerprint density at radius 3 is 2.64 bits per heavy atom. The molecule has 0 unspecified atom stereocenters. The summed E-state index contributed by atoms with van der Waals surface area (Å²) in [4.78, 5) is 38.7. The number of ether oxygens (including phenoxy) is 1. The van der Waals surface area contributed by atoms with E-state index in [4.69, 9.17) is 4.74 Å². The van der Waals surface area contributed by atoms with E-state index in [9.17, 15) is 14.4 Å². The van der Waals surface area contributed by atoms with Crippen molar-refractivity contribution >= 4 is 45.5 Å². The number of imide groups is 1. The highest BCUT2D eigenvalue weighted by Gasteiger charge is 2.35. The van der Waals surface area contributed by atoms with Crippen LogP contribution in [0.1, 0.15) is 29.2 Å². The molecular formula is C28H26BrN3O4. The highest BCUT2D eigenvalue weighted by atomic mass is 79.9. The SMILES string of the molecule is CCc1ccccc1NC(=O)CN1C(=O)N/C(=C/c2ccc(OCc3cccc(C)c3)c(Br)c2)C1=O. The molecule has 1 saturated heterocycles. The van der Waals surface area contributed by atoms with Gasteiger partial charge in [-0.05, 0) is 70.2 Å². The number of anilines is 1. The van der Waals surface area contributed by atoms with Gasteiger partial charge < -0.3 is 15.4 Å². The van der Waals surface area contributed by atoms with Crippen LogP contribution in [-0.2, 0) is 22.6 Å². The lowest BCUT2D eigenvalue weighted by Gasteiger charge is -2.13. The number of benzene rings is 3. The van der Waals surface area contributed by atoms with E-state index in [2.05, 4.69) is 32.6 Å². The Bertz CT molecular complexity index is 1350. The standard InChI is InChI=1S/C28H26BrN3O4/c1-3-21-9-4-5-10-23(21)30-26(33)16-32-27(34)24(31-28(32)35)15-19-11-12-25(22(29)14-19)36-17-20-8-6-7-18(2)13-20/h4-15H,3,16-17H2,1-2H3,(H,30,33)(H,31,35)/b24-15+. The van der Waals surface area contributed by atoms with Crippen molar-refractivity contribution in [2.24, 2.45) is 0 Å². The summed E-state index contributed by atoms with van der Waals surface area (Å²) in [5.74, 6) is -0.348. The van der Waals surface area contributed by atoms with Crippen molar-refractivity contribution in [3.63, 3.8) is 0 Å². The van der Waals surface area contributed by atoms with Crippen LogP contribution < -0.4 is 15.4 Å². The topological polar surface area (TPSA) is 87.7 Å². The van der Waals surface area contributed by atoms with Gasteiger partial charge in [-0.15, -0.1) is 0 Å². The summed E-state index contributed by atoms with van der Waals surface area (Å²) < 4.78 is 6.63. The monoisotopic (exact) mass is 547 g/mol. The molecule has 0 atom stereocenters. The molecule has 1 heterocycles. The molecule has 1 fully saturated rings. The van der Waals surface area contributed by atoms with Crippen LogP contribution in [0.3, 0.4) is 0 Å². The number of rotatable bonds is 8. The average Bonchev–Trinajstić information content (AvgIpc) is 3.11. The highest BCUT2D eigenvalue weighted by molar-refractivity contribution is 9.10. The van der Waals surface area contributed by atoms with E-state index in [-0.39, 0.29) is 12.2 Å². The minimum absolute atomic E-state index is 0.0992. The summed E-state index contributed by atoms with van der Waals surface area (Å²) >= 11 is 3.51. The lowest BCUT2D eigenvalue weighted by Crippen LogP contribution is -2.38. The Hall–Kier alpha value is -3.91.